The van der Waals surface area contributed by atoms with Crippen molar-refractivity contribution in [1.29, 1.82) is 0 Å². The number of hydrogen-bond donors (Lipinski definition) is 3. The summed E-state index contributed by atoms with van der Waals surface area (Å²) in [7, 11) is 0. The van der Waals surface area contributed by atoms with Crippen LogP contribution < -0.4 is 16.0 Å². The van der Waals surface area contributed by atoms with Gasteiger partial charge in [-0.25, -0.2) is 0 Å². The predicted molar refractivity (Wildman–Crippen MR) is 104 cm³/mol. The predicted octanol–water partition coefficient (Wildman–Crippen LogP) is 2.99. The Labute approximate surface area is 162 Å². The third kappa shape index (κ3) is 4.86. The summed E-state index contributed by atoms with van der Waals surface area (Å²) < 4.78 is 0. The lowest BCUT2D eigenvalue weighted by Crippen LogP contribution is -2.45. The summed E-state index contributed by atoms with van der Waals surface area (Å²) in [6.07, 6.45) is 2.35. The van der Waals surface area contributed by atoms with Gasteiger partial charge in [0.1, 0.15) is 6.04 Å². The van der Waals surface area contributed by atoms with Crippen molar-refractivity contribution >= 4 is 35.0 Å². The molecule has 3 N–H and O–H groups in total. The number of amides is 3. The minimum atomic E-state index is -0.569. The van der Waals surface area contributed by atoms with Crippen molar-refractivity contribution in [2.24, 2.45) is 0 Å². The first-order valence-corrected chi connectivity index (χ1v) is 9.17. The summed E-state index contributed by atoms with van der Waals surface area (Å²) in [6.45, 7) is 0.624. The van der Waals surface area contributed by atoms with E-state index in [0.29, 0.717) is 34.8 Å². The molecule has 140 valence electrons. The van der Waals surface area contributed by atoms with Crippen molar-refractivity contribution in [2.75, 3.05) is 11.9 Å². The lowest BCUT2D eigenvalue weighted by molar-refractivity contribution is -0.122. The molecule has 0 aliphatic carbocycles. The molecular weight excluding hydrogens is 366 g/mol. The van der Waals surface area contributed by atoms with Crippen molar-refractivity contribution in [1.82, 2.24) is 10.6 Å². The fourth-order valence-electron chi connectivity index (χ4n) is 2.90. The quantitative estimate of drug-likeness (QED) is 0.756. The minimum absolute atomic E-state index is 0.177. The zero-order valence-electron chi connectivity index (χ0n) is 14.6. The van der Waals surface area contributed by atoms with E-state index in [1.54, 1.807) is 48.5 Å². The van der Waals surface area contributed by atoms with Gasteiger partial charge in [0, 0.05) is 17.1 Å². The van der Waals surface area contributed by atoms with E-state index in [2.05, 4.69) is 16.0 Å². The number of halogens is 1. The molecule has 1 saturated heterocycles. The number of carbonyl (C=O) groups is 3. The minimum Gasteiger partial charge on any atom is -0.354 e. The van der Waals surface area contributed by atoms with E-state index < -0.39 is 11.9 Å². The third-order valence-corrected chi connectivity index (χ3v) is 4.62. The Morgan fingerprint density at radius 3 is 2.52 bits per heavy atom. The zero-order chi connectivity index (χ0) is 19.2. The number of para-hydroxylation sites is 1. The maximum absolute atomic E-state index is 12.7. The van der Waals surface area contributed by atoms with E-state index in [1.165, 1.54) is 0 Å². The average molecular weight is 386 g/mol. The van der Waals surface area contributed by atoms with E-state index in [0.717, 1.165) is 12.8 Å². The van der Waals surface area contributed by atoms with E-state index in [1.807, 2.05) is 0 Å². The van der Waals surface area contributed by atoms with Gasteiger partial charge >= 0.3 is 0 Å². The van der Waals surface area contributed by atoms with Crippen LogP contribution in [0.25, 0.3) is 0 Å². The monoisotopic (exact) mass is 385 g/mol. The highest BCUT2D eigenvalue weighted by Gasteiger charge is 2.24. The lowest BCUT2D eigenvalue weighted by Gasteiger charge is -2.17. The molecule has 0 saturated carbocycles. The van der Waals surface area contributed by atoms with Crippen LogP contribution in [0.4, 0.5) is 5.69 Å². The standard InChI is InChI=1S/C20H20ClN3O3/c21-14-10-8-13(9-11-14)18(25)23-16-6-2-1-5-15(16)19(26)24-17-7-3-4-12-22-20(17)27/h1-2,5-6,8-11,17H,3-4,7,12H2,(H,22,27)(H,23,25)(H,24,26). The second-order valence-electron chi connectivity index (χ2n) is 6.32. The Bertz CT molecular complexity index is 852. The Hall–Kier alpha value is -2.86. The Morgan fingerprint density at radius 2 is 1.74 bits per heavy atom. The van der Waals surface area contributed by atoms with Crippen molar-refractivity contribution in [3.05, 3.63) is 64.7 Å². The molecule has 3 amide bonds. The summed E-state index contributed by atoms with van der Waals surface area (Å²) in [5, 5.41) is 8.84. The van der Waals surface area contributed by atoms with Gasteiger partial charge in [-0.2, -0.15) is 0 Å². The van der Waals surface area contributed by atoms with Gasteiger partial charge in [0.25, 0.3) is 11.8 Å². The molecule has 2 aromatic rings. The van der Waals surface area contributed by atoms with Crippen LogP contribution in [0, 0.1) is 0 Å². The molecule has 0 bridgehead atoms. The fraction of sp³-hybridized carbons (Fsp3) is 0.250. The first kappa shape index (κ1) is 18.9. The SMILES string of the molecule is O=C(Nc1ccccc1C(=O)NC1CCCCNC1=O)c1ccc(Cl)cc1. The van der Waals surface area contributed by atoms with Crippen LogP contribution in [-0.2, 0) is 4.79 Å². The molecule has 0 aromatic heterocycles. The molecule has 7 heteroatoms. The average Bonchev–Trinajstić information content (AvgIpc) is 2.87. The number of benzene rings is 2. The van der Waals surface area contributed by atoms with E-state index in [9.17, 15) is 14.4 Å². The molecule has 27 heavy (non-hydrogen) atoms. The van der Waals surface area contributed by atoms with Crippen LogP contribution in [-0.4, -0.2) is 30.3 Å². The summed E-state index contributed by atoms with van der Waals surface area (Å²) in [6, 6.07) is 12.6. The summed E-state index contributed by atoms with van der Waals surface area (Å²) in [5.74, 6) is -0.924. The van der Waals surface area contributed by atoms with Crippen LogP contribution in [0.2, 0.25) is 5.02 Å². The zero-order valence-corrected chi connectivity index (χ0v) is 15.4. The number of carbonyl (C=O) groups excluding carboxylic acids is 3. The number of anilines is 1. The lowest BCUT2D eigenvalue weighted by atomic mass is 10.1. The normalized spacial score (nSPS) is 16.8. The van der Waals surface area contributed by atoms with Crippen molar-refractivity contribution in [2.45, 2.75) is 25.3 Å². The molecule has 0 spiro atoms. The molecule has 0 radical (unpaired) electrons. The molecule has 1 unspecified atom stereocenters. The number of nitrogens with one attached hydrogen (secondary N) is 3. The van der Waals surface area contributed by atoms with Crippen molar-refractivity contribution < 1.29 is 14.4 Å². The molecular formula is C20H20ClN3O3. The fourth-order valence-corrected chi connectivity index (χ4v) is 3.02. The Balaban J connectivity index is 1.74. The summed E-state index contributed by atoms with van der Waals surface area (Å²) in [4.78, 5) is 37.2. The largest absolute Gasteiger partial charge is 0.354 e. The Kier molecular flexibility index (Phi) is 6.08. The molecule has 2 aromatic carbocycles. The van der Waals surface area contributed by atoms with E-state index >= 15 is 0 Å². The number of hydrogen-bond acceptors (Lipinski definition) is 3. The molecule has 1 atom stereocenters. The van der Waals surface area contributed by atoms with Gasteiger partial charge in [0.05, 0.1) is 11.3 Å². The molecule has 1 heterocycles. The van der Waals surface area contributed by atoms with Gasteiger partial charge in [0.15, 0.2) is 0 Å². The highest BCUT2D eigenvalue weighted by atomic mass is 35.5. The van der Waals surface area contributed by atoms with Crippen molar-refractivity contribution in [3.8, 4) is 0 Å². The highest BCUT2D eigenvalue weighted by Crippen LogP contribution is 2.18. The van der Waals surface area contributed by atoms with Crippen LogP contribution in [0.5, 0.6) is 0 Å². The smallest absolute Gasteiger partial charge is 0.255 e. The van der Waals surface area contributed by atoms with Gasteiger partial charge in [-0.15, -0.1) is 0 Å². The van der Waals surface area contributed by atoms with Gasteiger partial charge in [-0.3, -0.25) is 14.4 Å². The highest BCUT2D eigenvalue weighted by molar-refractivity contribution is 6.30. The second kappa shape index (κ2) is 8.68. The molecule has 3 rings (SSSR count). The van der Waals surface area contributed by atoms with Crippen LogP contribution >= 0.6 is 11.6 Å². The number of rotatable bonds is 4. The van der Waals surface area contributed by atoms with Gasteiger partial charge in [0.2, 0.25) is 5.91 Å². The third-order valence-electron chi connectivity index (χ3n) is 4.37. The topological polar surface area (TPSA) is 87.3 Å². The van der Waals surface area contributed by atoms with Crippen LogP contribution in [0.1, 0.15) is 40.0 Å². The molecule has 1 aliphatic rings. The maximum Gasteiger partial charge on any atom is 0.255 e. The van der Waals surface area contributed by atoms with Crippen LogP contribution in [0.15, 0.2) is 48.5 Å². The summed E-state index contributed by atoms with van der Waals surface area (Å²) >= 11 is 5.84. The van der Waals surface area contributed by atoms with Gasteiger partial charge < -0.3 is 16.0 Å². The summed E-state index contributed by atoms with van der Waals surface area (Å²) in [5.41, 5.74) is 1.11. The Morgan fingerprint density at radius 1 is 1.00 bits per heavy atom. The van der Waals surface area contributed by atoms with E-state index in [4.69, 9.17) is 11.6 Å². The second-order valence-corrected chi connectivity index (χ2v) is 6.76. The first-order chi connectivity index (χ1) is 13.0. The van der Waals surface area contributed by atoms with Crippen molar-refractivity contribution in [3.63, 3.8) is 0 Å². The van der Waals surface area contributed by atoms with Gasteiger partial charge in [-0.1, -0.05) is 23.7 Å². The molecule has 1 fully saturated rings. The maximum atomic E-state index is 12.7. The van der Waals surface area contributed by atoms with E-state index in [-0.39, 0.29) is 11.8 Å². The molecule has 1 aliphatic heterocycles. The molecule has 6 nitrogen and oxygen atoms in total. The first-order valence-electron chi connectivity index (χ1n) is 8.79. The van der Waals surface area contributed by atoms with Crippen LogP contribution in [0.3, 0.4) is 0 Å². The van der Waals surface area contributed by atoms with Gasteiger partial charge in [-0.05, 0) is 55.7 Å².